The highest BCUT2D eigenvalue weighted by molar-refractivity contribution is 7.84. The quantitative estimate of drug-likeness (QED) is 0.840. The van der Waals surface area contributed by atoms with Crippen molar-refractivity contribution in [3.8, 4) is 0 Å². The van der Waals surface area contributed by atoms with E-state index in [4.69, 9.17) is 0 Å². The van der Waals surface area contributed by atoms with Gasteiger partial charge in [0, 0.05) is 48.3 Å². The van der Waals surface area contributed by atoms with E-state index in [1.54, 1.807) is 18.2 Å². The van der Waals surface area contributed by atoms with Crippen LogP contribution in [0.4, 0.5) is 0 Å². The molecule has 2 aromatic heterocycles. The van der Waals surface area contributed by atoms with Gasteiger partial charge in [0.2, 0.25) is 0 Å². The predicted octanol–water partition coefficient (Wildman–Crippen LogP) is 2.60. The summed E-state index contributed by atoms with van der Waals surface area (Å²) < 4.78 is 13.2. The molecule has 2 heterocycles. The third kappa shape index (κ3) is 3.25. The van der Waals surface area contributed by atoms with E-state index in [0.29, 0.717) is 16.5 Å². The second-order valence-electron chi connectivity index (χ2n) is 6.00. The molecule has 22 heavy (non-hydrogen) atoms. The van der Waals surface area contributed by atoms with Crippen LogP contribution in [0.3, 0.4) is 0 Å². The molecule has 0 aliphatic carbocycles. The Balaban J connectivity index is 2.33. The van der Waals surface area contributed by atoms with Crippen LogP contribution in [-0.4, -0.2) is 49.9 Å². The molecule has 2 atom stereocenters. The number of rotatable bonds is 5. The number of aromatic nitrogens is 2. The van der Waals surface area contributed by atoms with Gasteiger partial charge in [-0.2, -0.15) is 5.10 Å². The summed E-state index contributed by atoms with van der Waals surface area (Å²) in [6.07, 6.45) is 1.66. The van der Waals surface area contributed by atoms with Crippen LogP contribution >= 0.6 is 11.3 Å². The summed E-state index contributed by atoms with van der Waals surface area (Å²) in [5.41, 5.74) is 1.03. The Hall–Kier alpha value is -1.21. The Morgan fingerprint density at radius 1 is 1.45 bits per heavy atom. The number of fused-ring (bicyclic) bond motifs is 1. The smallest absolute Gasteiger partial charge is 0.264 e. The van der Waals surface area contributed by atoms with Crippen LogP contribution in [-0.2, 0) is 17.8 Å². The van der Waals surface area contributed by atoms with Gasteiger partial charge in [-0.05, 0) is 18.9 Å². The zero-order valence-corrected chi connectivity index (χ0v) is 15.5. The minimum absolute atomic E-state index is 0.0196. The largest absolute Gasteiger partial charge is 0.337 e. The van der Waals surface area contributed by atoms with Crippen molar-refractivity contribution < 1.29 is 9.00 Å². The van der Waals surface area contributed by atoms with E-state index in [1.165, 1.54) is 11.3 Å². The van der Waals surface area contributed by atoms with Gasteiger partial charge >= 0.3 is 0 Å². The number of carbonyl (C=O) groups is 1. The summed E-state index contributed by atoms with van der Waals surface area (Å²) in [5, 5.41) is 5.59. The van der Waals surface area contributed by atoms with Crippen LogP contribution in [0.1, 0.15) is 42.1 Å². The van der Waals surface area contributed by atoms with Crippen LogP contribution in [0, 0.1) is 0 Å². The molecule has 2 unspecified atom stereocenters. The topological polar surface area (TPSA) is 55.2 Å². The summed E-state index contributed by atoms with van der Waals surface area (Å²) in [5.74, 6) is 0.792. The Morgan fingerprint density at radius 3 is 2.64 bits per heavy atom. The van der Waals surface area contributed by atoms with Crippen LogP contribution in [0.2, 0.25) is 0 Å². The summed E-state index contributed by atoms with van der Waals surface area (Å²) >= 11 is 1.47. The number of nitrogens with zero attached hydrogens (tertiary/aromatic N) is 3. The number of amides is 1. The zero-order chi connectivity index (χ0) is 16.6. The van der Waals surface area contributed by atoms with Crippen molar-refractivity contribution in [1.29, 1.82) is 0 Å². The lowest BCUT2D eigenvalue weighted by atomic mass is 10.1. The van der Waals surface area contributed by atoms with E-state index < -0.39 is 10.8 Å². The third-order valence-corrected chi connectivity index (χ3v) is 5.90. The van der Waals surface area contributed by atoms with Gasteiger partial charge < -0.3 is 4.90 Å². The molecule has 0 radical (unpaired) electrons. The molecular formula is C15H23N3O2S2. The second kappa shape index (κ2) is 6.50. The monoisotopic (exact) mass is 341 g/mol. The lowest BCUT2D eigenvalue weighted by Crippen LogP contribution is -2.37. The molecule has 5 nitrogen and oxygen atoms in total. The lowest BCUT2D eigenvalue weighted by Gasteiger charge is -2.23. The average molecular weight is 342 g/mol. The van der Waals surface area contributed by atoms with Gasteiger partial charge in [-0.15, -0.1) is 11.3 Å². The first-order chi connectivity index (χ1) is 10.2. The Bertz CT molecular complexity index is 718. The highest BCUT2D eigenvalue weighted by atomic mass is 32.2. The fourth-order valence-corrected chi connectivity index (χ4v) is 4.39. The van der Waals surface area contributed by atoms with Crippen molar-refractivity contribution in [2.75, 3.05) is 19.1 Å². The van der Waals surface area contributed by atoms with Gasteiger partial charge in [0.1, 0.15) is 4.83 Å². The van der Waals surface area contributed by atoms with Gasteiger partial charge in [-0.25, -0.2) is 0 Å². The van der Waals surface area contributed by atoms with Crippen LogP contribution in [0.25, 0.3) is 10.2 Å². The molecule has 0 aliphatic heterocycles. The second-order valence-corrected chi connectivity index (χ2v) is 8.51. The first-order valence-corrected chi connectivity index (χ1v) is 9.80. The van der Waals surface area contributed by atoms with E-state index in [9.17, 15) is 9.00 Å². The third-order valence-electron chi connectivity index (χ3n) is 3.76. The first kappa shape index (κ1) is 17.1. The van der Waals surface area contributed by atoms with Gasteiger partial charge in [0.05, 0.1) is 10.6 Å². The molecule has 122 valence electrons. The fourth-order valence-electron chi connectivity index (χ4n) is 2.42. The van der Waals surface area contributed by atoms with E-state index in [1.807, 2.05) is 24.7 Å². The molecule has 0 spiro atoms. The van der Waals surface area contributed by atoms with Crippen molar-refractivity contribution in [1.82, 2.24) is 14.7 Å². The van der Waals surface area contributed by atoms with Crippen LogP contribution in [0.5, 0.6) is 0 Å². The first-order valence-electron chi connectivity index (χ1n) is 7.26. The Kier molecular flexibility index (Phi) is 5.07. The normalized spacial score (nSPS) is 14.5. The number of aryl methyl sites for hydroxylation is 1. The molecule has 0 saturated carbocycles. The molecule has 0 N–H and O–H groups in total. The molecule has 0 aromatic carbocycles. The highest BCUT2D eigenvalue weighted by Crippen LogP contribution is 2.32. The van der Waals surface area contributed by atoms with Gasteiger partial charge in [-0.3, -0.25) is 13.7 Å². The maximum atomic E-state index is 12.6. The van der Waals surface area contributed by atoms with E-state index in [-0.39, 0.29) is 11.9 Å². The lowest BCUT2D eigenvalue weighted by molar-refractivity contribution is 0.0762. The van der Waals surface area contributed by atoms with E-state index in [2.05, 4.69) is 18.9 Å². The molecule has 0 fully saturated rings. The maximum Gasteiger partial charge on any atom is 0.264 e. The number of hydrogen-bond acceptors (Lipinski definition) is 4. The maximum absolute atomic E-state index is 12.6. The van der Waals surface area contributed by atoms with E-state index >= 15 is 0 Å². The summed E-state index contributed by atoms with van der Waals surface area (Å²) in [6.45, 7) is 6.13. The predicted molar refractivity (Wildman–Crippen MR) is 93.2 cm³/mol. The van der Waals surface area contributed by atoms with Crippen molar-refractivity contribution in [2.45, 2.75) is 32.7 Å². The molecule has 2 rings (SSSR count). The summed E-state index contributed by atoms with van der Waals surface area (Å²) in [6, 6.07) is 1.89. The zero-order valence-electron chi connectivity index (χ0n) is 13.9. The molecule has 0 saturated heterocycles. The molecular weight excluding hydrogens is 318 g/mol. The fraction of sp³-hybridized carbons (Fsp3) is 0.600. The Morgan fingerprint density at radius 2 is 2.09 bits per heavy atom. The van der Waals surface area contributed by atoms with Crippen LogP contribution < -0.4 is 0 Å². The minimum Gasteiger partial charge on any atom is -0.337 e. The minimum atomic E-state index is -0.914. The highest BCUT2D eigenvalue weighted by Gasteiger charge is 2.23. The van der Waals surface area contributed by atoms with Crippen molar-refractivity contribution in [3.63, 3.8) is 0 Å². The Labute approximate surface area is 137 Å². The molecule has 0 aliphatic rings. The number of hydrogen-bond donors (Lipinski definition) is 0. The molecule has 0 bridgehead atoms. The van der Waals surface area contributed by atoms with Gasteiger partial charge in [0.15, 0.2) is 0 Å². The van der Waals surface area contributed by atoms with Crippen molar-refractivity contribution in [2.24, 2.45) is 7.05 Å². The van der Waals surface area contributed by atoms with Crippen molar-refractivity contribution >= 4 is 38.3 Å². The van der Waals surface area contributed by atoms with Gasteiger partial charge in [0.25, 0.3) is 5.91 Å². The van der Waals surface area contributed by atoms with Crippen molar-refractivity contribution in [3.05, 3.63) is 16.6 Å². The number of thiophene rings is 1. The average Bonchev–Trinajstić information content (AvgIpc) is 2.97. The summed E-state index contributed by atoms with van der Waals surface area (Å²) in [7, 11) is 2.76. The standard InChI is InChI=1S/C15H23N3O2S2/c1-9(2)13-11-7-12(21-15(11)18(5)16-13)14(19)17(4)10(3)8-22(6)20/h7,9-10H,8H2,1-6H3. The number of carbonyl (C=O) groups excluding carboxylic acids is 1. The van der Waals surface area contributed by atoms with Gasteiger partial charge in [-0.1, -0.05) is 13.8 Å². The molecule has 2 aromatic rings. The molecule has 7 heteroatoms. The molecule has 1 amide bonds. The summed E-state index contributed by atoms with van der Waals surface area (Å²) in [4.78, 5) is 16.0. The van der Waals surface area contributed by atoms with E-state index in [0.717, 1.165) is 15.9 Å². The SMILES string of the molecule is CC(C)c1nn(C)c2sc(C(=O)N(C)C(C)CS(C)=O)cc12. The van der Waals surface area contributed by atoms with Crippen LogP contribution in [0.15, 0.2) is 6.07 Å².